The summed E-state index contributed by atoms with van der Waals surface area (Å²) in [5, 5.41) is 10.1. The van der Waals surface area contributed by atoms with Gasteiger partial charge < -0.3 is 14.6 Å². The number of rotatable bonds is 5. The fraction of sp³-hybridized carbons (Fsp3) is 0.462. The largest absolute Gasteiger partial charge is 0.497 e. The minimum atomic E-state index is -0.704. The predicted octanol–water partition coefficient (Wildman–Crippen LogP) is 1.93. The Morgan fingerprint density at radius 3 is 2.71 bits per heavy atom. The quantitative estimate of drug-likeness (QED) is 0.796. The standard InChI is InChI=1S/C13H18O4/c1-9(7-12(14)17-3)13(15)10-5-4-6-11(8-10)16-2/h4-6,8-9,13,15H,7H2,1-3H3. The fourth-order valence-electron chi connectivity index (χ4n) is 1.61. The first-order chi connectivity index (χ1) is 8.08. The van der Waals surface area contributed by atoms with E-state index in [4.69, 9.17) is 4.74 Å². The van der Waals surface area contributed by atoms with Crippen molar-refractivity contribution in [1.82, 2.24) is 0 Å². The van der Waals surface area contributed by atoms with Gasteiger partial charge in [-0.25, -0.2) is 0 Å². The molecular formula is C13H18O4. The van der Waals surface area contributed by atoms with Crippen LogP contribution >= 0.6 is 0 Å². The van der Waals surface area contributed by atoms with Gasteiger partial charge in [-0.3, -0.25) is 4.79 Å². The first-order valence-corrected chi connectivity index (χ1v) is 5.47. The van der Waals surface area contributed by atoms with Crippen LogP contribution in [-0.2, 0) is 9.53 Å². The summed E-state index contributed by atoms with van der Waals surface area (Å²) in [6.07, 6.45) is -0.515. The van der Waals surface area contributed by atoms with Crippen molar-refractivity contribution >= 4 is 5.97 Å². The fourth-order valence-corrected chi connectivity index (χ4v) is 1.61. The summed E-state index contributed by atoms with van der Waals surface area (Å²) in [7, 11) is 2.91. The molecule has 0 saturated carbocycles. The van der Waals surface area contributed by atoms with Gasteiger partial charge in [0.15, 0.2) is 0 Å². The summed E-state index contributed by atoms with van der Waals surface area (Å²) < 4.78 is 9.66. The summed E-state index contributed by atoms with van der Waals surface area (Å²) >= 11 is 0. The third-order valence-electron chi connectivity index (χ3n) is 2.69. The molecular weight excluding hydrogens is 220 g/mol. The predicted molar refractivity (Wildman–Crippen MR) is 63.8 cm³/mol. The molecule has 4 nitrogen and oxygen atoms in total. The van der Waals surface area contributed by atoms with Gasteiger partial charge in [0.1, 0.15) is 5.75 Å². The first-order valence-electron chi connectivity index (χ1n) is 5.47. The Morgan fingerprint density at radius 2 is 2.12 bits per heavy atom. The Kier molecular flexibility index (Phi) is 4.97. The van der Waals surface area contributed by atoms with Crippen LogP contribution in [-0.4, -0.2) is 25.3 Å². The van der Waals surface area contributed by atoms with Crippen molar-refractivity contribution in [2.24, 2.45) is 5.92 Å². The van der Waals surface area contributed by atoms with E-state index in [1.54, 1.807) is 32.2 Å². The van der Waals surface area contributed by atoms with Crippen LogP contribution in [0.5, 0.6) is 5.75 Å². The maximum Gasteiger partial charge on any atom is 0.305 e. The second-order valence-corrected chi connectivity index (χ2v) is 3.98. The zero-order valence-corrected chi connectivity index (χ0v) is 10.3. The molecule has 0 aliphatic heterocycles. The topological polar surface area (TPSA) is 55.8 Å². The lowest BCUT2D eigenvalue weighted by Gasteiger charge is -2.18. The van der Waals surface area contributed by atoms with E-state index < -0.39 is 6.10 Å². The van der Waals surface area contributed by atoms with Gasteiger partial charge in [-0.1, -0.05) is 19.1 Å². The van der Waals surface area contributed by atoms with Crippen LogP contribution in [0.15, 0.2) is 24.3 Å². The number of esters is 1. The van der Waals surface area contributed by atoms with Crippen LogP contribution in [0.3, 0.4) is 0 Å². The number of hydrogen-bond acceptors (Lipinski definition) is 4. The third-order valence-corrected chi connectivity index (χ3v) is 2.69. The van der Waals surface area contributed by atoms with Crippen molar-refractivity contribution in [2.45, 2.75) is 19.4 Å². The molecule has 4 heteroatoms. The smallest absolute Gasteiger partial charge is 0.305 e. The number of methoxy groups -OCH3 is 2. The highest BCUT2D eigenvalue weighted by molar-refractivity contribution is 5.69. The maximum absolute atomic E-state index is 11.1. The van der Waals surface area contributed by atoms with Gasteiger partial charge in [0.25, 0.3) is 0 Å². The van der Waals surface area contributed by atoms with Gasteiger partial charge in [-0.05, 0) is 23.6 Å². The molecule has 0 bridgehead atoms. The highest BCUT2D eigenvalue weighted by Gasteiger charge is 2.20. The molecule has 1 aromatic carbocycles. The van der Waals surface area contributed by atoms with Gasteiger partial charge >= 0.3 is 5.97 Å². The van der Waals surface area contributed by atoms with E-state index in [0.717, 1.165) is 5.56 Å². The number of carbonyl (C=O) groups excluding carboxylic acids is 1. The zero-order chi connectivity index (χ0) is 12.8. The molecule has 0 aliphatic carbocycles. The molecule has 2 unspecified atom stereocenters. The number of carbonyl (C=O) groups is 1. The van der Waals surface area contributed by atoms with Crippen LogP contribution in [0.4, 0.5) is 0 Å². The van der Waals surface area contributed by atoms with Crippen LogP contribution in [0, 0.1) is 5.92 Å². The summed E-state index contributed by atoms with van der Waals surface area (Å²) in [4.78, 5) is 11.1. The van der Waals surface area contributed by atoms with Gasteiger partial charge in [0.2, 0.25) is 0 Å². The number of aliphatic hydroxyl groups is 1. The lowest BCUT2D eigenvalue weighted by molar-refractivity contribution is -0.142. The first kappa shape index (κ1) is 13.5. The van der Waals surface area contributed by atoms with E-state index in [-0.39, 0.29) is 18.3 Å². The van der Waals surface area contributed by atoms with Gasteiger partial charge in [-0.2, -0.15) is 0 Å². The number of hydrogen-bond donors (Lipinski definition) is 1. The molecule has 17 heavy (non-hydrogen) atoms. The van der Waals surface area contributed by atoms with Crippen molar-refractivity contribution in [2.75, 3.05) is 14.2 Å². The van der Waals surface area contributed by atoms with Gasteiger partial charge in [0, 0.05) is 0 Å². The zero-order valence-electron chi connectivity index (χ0n) is 10.3. The maximum atomic E-state index is 11.1. The molecule has 0 fully saturated rings. The third kappa shape index (κ3) is 3.75. The summed E-state index contributed by atoms with van der Waals surface area (Å²) in [5.74, 6) is 0.167. The van der Waals surface area contributed by atoms with Crippen LogP contribution < -0.4 is 4.74 Å². The Labute approximate surface area is 101 Å². The second-order valence-electron chi connectivity index (χ2n) is 3.98. The van der Waals surface area contributed by atoms with E-state index in [1.165, 1.54) is 7.11 Å². The Bertz CT molecular complexity index is 375. The molecule has 0 radical (unpaired) electrons. The molecule has 0 aliphatic rings. The highest BCUT2D eigenvalue weighted by atomic mass is 16.5. The summed E-state index contributed by atoms with van der Waals surface area (Å²) in [6.45, 7) is 1.81. The molecule has 0 amide bonds. The van der Waals surface area contributed by atoms with Crippen molar-refractivity contribution in [1.29, 1.82) is 0 Å². The normalized spacial score (nSPS) is 13.9. The molecule has 1 rings (SSSR count). The molecule has 0 heterocycles. The van der Waals surface area contributed by atoms with Gasteiger partial charge in [0.05, 0.1) is 26.7 Å². The van der Waals surface area contributed by atoms with E-state index in [9.17, 15) is 9.90 Å². The van der Waals surface area contributed by atoms with E-state index in [0.29, 0.717) is 5.75 Å². The number of ether oxygens (including phenoxy) is 2. The lowest BCUT2D eigenvalue weighted by Crippen LogP contribution is -2.14. The average Bonchev–Trinajstić information content (AvgIpc) is 2.37. The number of aliphatic hydroxyl groups excluding tert-OH is 1. The molecule has 0 saturated heterocycles. The van der Waals surface area contributed by atoms with Crippen LogP contribution in [0.1, 0.15) is 25.0 Å². The molecule has 0 spiro atoms. The van der Waals surface area contributed by atoms with E-state index >= 15 is 0 Å². The summed E-state index contributed by atoms with van der Waals surface area (Å²) in [5.41, 5.74) is 0.737. The minimum absolute atomic E-state index is 0.189. The van der Waals surface area contributed by atoms with Crippen LogP contribution in [0.2, 0.25) is 0 Å². The van der Waals surface area contributed by atoms with Crippen molar-refractivity contribution in [3.8, 4) is 5.75 Å². The van der Waals surface area contributed by atoms with E-state index in [2.05, 4.69) is 4.74 Å². The monoisotopic (exact) mass is 238 g/mol. The molecule has 2 atom stereocenters. The van der Waals surface area contributed by atoms with Crippen molar-refractivity contribution in [3.05, 3.63) is 29.8 Å². The van der Waals surface area contributed by atoms with Crippen molar-refractivity contribution < 1.29 is 19.4 Å². The van der Waals surface area contributed by atoms with Crippen molar-refractivity contribution in [3.63, 3.8) is 0 Å². The lowest BCUT2D eigenvalue weighted by atomic mass is 9.94. The Balaban J connectivity index is 2.73. The minimum Gasteiger partial charge on any atom is -0.497 e. The second kappa shape index (κ2) is 6.25. The van der Waals surface area contributed by atoms with Crippen LogP contribution in [0.25, 0.3) is 0 Å². The average molecular weight is 238 g/mol. The molecule has 0 aromatic heterocycles. The van der Waals surface area contributed by atoms with E-state index in [1.807, 2.05) is 6.07 Å². The Morgan fingerprint density at radius 1 is 1.41 bits per heavy atom. The SMILES string of the molecule is COC(=O)CC(C)C(O)c1cccc(OC)c1. The highest BCUT2D eigenvalue weighted by Crippen LogP contribution is 2.27. The number of benzene rings is 1. The molecule has 94 valence electrons. The summed E-state index contributed by atoms with van der Waals surface area (Å²) in [6, 6.07) is 7.18. The molecule has 1 aromatic rings. The molecule has 1 N–H and O–H groups in total. The Hall–Kier alpha value is -1.55. The van der Waals surface area contributed by atoms with Gasteiger partial charge in [-0.15, -0.1) is 0 Å².